The van der Waals surface area contributed by atoms with Crippen LogP contribution in [0.5, 0.6) is 5.75 Å². The Morgan fingerprint density at radius 1 is 0.757 bits per heavy atom. The van der Waals surface area contributed by atoms with Gasteiger partial charge in [0.05, 0.1) is 7.11 Å². The van der Waals surface area contributed by atoms with E-state index in [2.05, 4.69) is 19.1 Å². The molecule has 0 amide bonds. The fourth-order valence-electron chi connectivity index (χ4n) is 7.84. The Morgan fingerprint density at radius 3 is 2.03 bits per heavy atom. The Labute approximate surface area is 225 Å². The number of hydrogen-bond donors (Lipinski definition) is 0. The van der Waals surface area contributed by atoms with Crippen LogP contribution >= 0.6 is 0 Å². The minimum absolute atomic E-state index is 0.00416. The molecule has 3 saturated carbocycles. The first kappa shape index (κ1) is 28.6. The lowest BCUT2D eigenvalue weighted by Crippen LogP contribution is -2.25. The van der Waals surface area contributed by atoms with Crippen molar-refractivity contribution < 1.29 is 13.5 Å². The molecule has 3 heteroatoms. The van der Waals surface area contributed by atoms with Gasteiger partial charge in [-0.2, -0.15) is 4.39 Å². The highest BCUT2D eigenvalue weighted by atomic mass is 19.2. The number of methoxy groups -OCH3 is 1. The topological polar surface area (TPSA) is 9.23 Å². The second-order valence-corrected chi connectivity index (χ2v) is 12.7. The van der Waals surface area contributed by atoms with E-state index in [9.17, 15) is 8.78 Å². The zero-order valence-corrected chi connectivity index (χ0v) is 23.7. The summed E-state index contributed by atoms with van der Waals surface area (Å²) in [6, 6.07) is 3.29. The number of unbranched alkanes of at least 4 members (excludes halogenated alkanes) is 2. The van der Waals surface area contributed by atoms with Crippen molar-refractivity contribution in [1.82, 2.24) is 0 Å². The van der Waals surface area contributed by atoms with Crippen molar-refractivity contribution in [3.05, 3.63) is 41.5 Å². The van der Waals surface area contributed by atoms with Crippen LogP contribution in [0.1, 0.15) is 134 Å². The van der Waals surface area contributed by atoms with Gasteiger partial charge in [-0.1, -0.05) is 63.7 Å². The van der Waals surface area contributed by atoms with Gasteiger partial charge in [0.2, 0.25) is 5.82 Å². The number of allylic oxidation sites excluding steroid dienone is 2. The van der Waals surface area contributed by atoms with Crippen molar-refractivity contribution >= 4 is 0 Å². The molecular weight excluding hydrogens is 462 g/mol. The number of rotatable bonds is 11. The fourth-order valence-corrected chi connectivity index (χ4v) is 7.84. The summed E-state index contributed by atoms with van der Waals surface area (Å²) in [7, 11) is 1.38. The summed E-state index contributed by atoms with van der Waals surface area (Å²) in [4.78, 5) is 0. The third-order valence-electron chi connectivity index (χ3n) is 10.3. The molecule has 1 aromatic rings. The lowest BCUT2D eigenvalue weighted by Gasteiger charge is -2.37. The summed E-state index contributed by atoms with van der Waals surface area (Å²) >= 11 is 0. The smallest absolute Gasteiger partial charge is 0.200 e. The van der Waals surface area contributed by atoms with Crippen molar-refractivity contribution in [3.8, 4) is 5.75 Å². The standard InChI is InChI=1S/C34H52F2O/c1-3-4-5-8-25-11-17-28(18-12-25)29-19-13-26(14-20-29)9-6-7-10-27-15-21-30(22-16-27)31-23-24-32(37-2)34(36)33(31)35/h6,9,23-30H,3-5,7-8,10-22H2,1-2H3/b9-6+. The molecule has 0 aliphatic heterocycles. The summed E-state index contributed by atoms with van der Waals surface area (Å²) in [6.45, 7) is 2.31. The summed E-state index contributed by atoms with van der Waals surface area (Å²) in [6.07, 6.45) is 29.0. The van der Waals surface area contributed by atoms with Crippen molar-refractivity contribution in [2.45, 2.75) is 128 Å². The molecular formula is C34H52F2O. The second-order valence-electron chi connectivity index (χ2n) is 12.7. The van der Waals surface area contributed by atoms with Crippen molar-refractivity contribution in [2.24, 2.45) is 29.6 Å². The zero-order chi connectivity index (χ0) is 26.0. The first-order chi connectivity index (χ1) is 18.1. The number of halogens is 2. The minimum Gasteiger partial charge on any atom is -0.494 e. The minimum atomic E-state index is -0.841. The van der Waals surface area contributed by atoms with E-state index in [0.29, 0.717) is 5.56 Å². The highest BCUT2D eigenvalue weighted by Crippen LogP contribution is 2.43. The molecule has 1 aromatic carbocycles. The molecule has 0 heterocycles. The van der Waals surface area contributed by atoms with Crippen LogP contribution in [0.2, 0.25) is 0 Å². The van der Waals surface area contributed by atoms with Gasteiger partial charge in [-0.05, 0) is 124 Å². The van der Waals surface area contributed by atoms with Crippen molar-refractivity contribution in [3.63, 3.8) is 0 Å². The molecule has 0 atom stereocenters. The van der Waals surface area contributed by atoms with Gasteiger partial charge in [0.15, 0.2) is 11.6 Å². The van der Waals surface area contributed by atoms with Crippen molar-refractivity contribution in [1.29, 1.82) is 0 Å². The molecule has 3 aliphatic rings. The van der Waals surface area contributed by atoms with E-state index in [-0.39, 0.29) is 11.7 Å². The summed E-state index contributed by atoms with van der Waals surface area (Å²) < 4.78 is 33.5. The van der Waals surface area contributed by atoms with Crippen LogP contribution in [0.25, 0.3) is 0 Å². The van der Waals surface area contributed by atoms with E-state index in [1.54, 1.807) is 12.1 Å². The molecule has 1 nitrogen and oxygen atoms in total. The van der Waals surface area contributed by atoms with Crippen LogP contribution in [-0.4, -0.2) is 7.11 Å². The third kappa shape index (κ3) is 8.06. The third-order valence-corrected chi connectivity index (χ3v) is 10.3. The number of benzene rings is 1. The number of hydrogen-bond acceptors (Lipinski definition) is 1. The summed E-state index contributed by atoms with van der Waals surface area (Å²) in [5.41, 5.74) is 0.535. The SMILES string of the molecule is CCCCCC1CCC(C2CCC(/C=C/CCC3CCC(c4ccc(OC)c(F)c4F)CC3)CC2)CC1. The molecule has 37 heavy (non-hydrogen) atoms. The van der Waals surface area contributed by atoms with E-state index in [0.717, 1.165) is 55.3 Å². The maximum absolute atomic E-state index is 14.5. The molecule has 4 rings (SSSR count). The maximum Gasteiger partial charge on any atom is 0.200 e. The average molecular weight is 515 g/mol. The molecule has 0 N–H and O–H groups in total. The molecule has 0 spiro atoms. The van der Waals surface area contributed by atoms with Gasteiger partial charge < -0.3 is 4.74 Å². The maximum atomic E-state index is 14.5. The first-order valence-electron chi connectivity index (χ1n) is 15.8. The predicted octanol–water partition coefficient (Wildman–Crippen LogP) is 10.8. The van der Waals surface area contributed by atoms with Crippen LogP contribution < -0.4 is 4.74 Å². The molecule has 0 radical (unpaired) electrons. The predicted molar refractivity (Wildman–Crippen MR) is 151 cm³/mol. The number of ether oxygens (including phenoxy) is 1. The molecule has 3 fully saturated rings. The van der Waals surface area contributed by atoms with Crippen molar-refractivity contribution in [2.75, 3.05) is 7.11 Å². The summed E-state index contributed by atoms with van der Waals surface area (Å²) in [5, 5.41) is 0. The largest absolute Gasteiger partial charge is 0.494 e. The van der Waals surface area contributed by atoms with Gasteiger partial charge in [0.25, 0.3) is 0 Å². The Morgan fingerprint density at radius 2 is 1.38 bits per heavy atom. The summed E-state index contributed by atoms with van der Waals surface area (Å²) in [5.74, 6) is 3.15. The van der Waals surface area contributed by atoms with E-state index in [4.69, 9.17) is 4.74 Å². The lowest BCUT2D eigenvalue weighted by atomic mass is 9.68. The van der Waals surface area contributed by atoms with Gasteiger partial charge in [-0.25, -0.2) is 4.39 Å². The van der Waals surface area contributed by atoms with Gasteiger partial charge in [-0.15, -0.1) is 0 Å². The van der Waals surface area contributed by atoms with Gasteiger partial charge in [0.1, 0.15) is 0 Å². The van der Waals surface area contributed by atoms with Crippen LogP contribution in [0, 0.1) is 41.2 Å². The Kier molecular flexibility index (Phi) is 11.4. The molecule has 0 saturated heterocycles. The highest BCUT2D eigenvalue weighted by Gasteiger charge is 2.30. The van der Waals surface area contributed by atoms with E-state index in [1.807, 2.05) is 0 Å². The van der Waals surface area contributed by atoms with E-state index < -0.39 is 11.6 Å². The van der Waals surface area contributed by atoms with Crippen LogP contribution in [0.15, 0.2) is 24.3 Å². The first-order valence-corrected chi connectivity index (χ1v) is 15.8. The van der Waals surface area contributed by atoms with Crippen LogP contribution in [0.4, 0.5) is 8.78 Å². The monoisotopic (exact) mass is 514 g/mol. The molecule has 208 valence electrons. The van der Waals surface area contributed by atoms with E-state index in [1.165, 1.54) is 97.0 Å². The van der Waals surface area contributed by atoms with Gasteiger partial charge in [0, 0.05) is 0 Å². The zero-order valence-electron chi connectivity index (χ0n) is 23.7. The van der Waals surface area contributed by atoms with Gasteiger partial charge in [-0.3, -0.25) is 0 Å². The Hall–Kier alpha value is -1.38. The van der Waals surface area contributed by atoms with Crippen LogP contribution in [-0.2, 0) is 0 Å². The lowest BCUT2D eigenvalue weighted by molar-refractivity contribution is 0.151. The van der Waals surface area contributed by atoms with E-state index >= 15 is 0 Å². The Bertz CT molecular complexity index is 824. The average Bonchev–Trinajstić information content (AvgIpc) is 2.94. The quantitative estimate of drug-likeness (QED) is 0.211. The van der Waals surface area contributed by atoms with Crippen LogP contribution in [0.3, 0.4) is 0 Å². The molecule has 0 aromatic heterocycles. The fraction of sp³-hybridized carbons (Fsp3) is 0.765. The van der Waals surface area contributed by atoms with Gasteiger partial charge >= 0.3 is 0 Å². The Balaban J connectivity index is 1.09. The molecule has 0 unspecified atom stereocenters. The normalized spacial score (nSPS) is 31.0. The molecule has 0 bridgehead atoms. The molecule has 3 aliphatic carbocycles. The second kappa shape index (κ2) is 14.7. The highest BCUT2D eigenvalue weighted by molar-refractivity contribution is 5.33.